The van der Waals surface area contributed by atoms with Gasteiger partial charge in [-0.3, -0.25) is 4.98 Å². The summed E-state index contributed by atoms with van der Waals surface area (Å²) in [6, 6.07) is 5.05. The summed E-state index contributed by atoms with van der Waals surface area (Å²) in [5, 5.41) is 5.43. The molecule has 0 bridgehead atoms. The van der Waals surface area contributed by atoms with E-state index in [0.717, 1.165) is 25.7 Å². The van der Waals surface area contributed by atoms with E-state index in [2.05, 4.69) is 15.6 Å². The molecule has 3 unspecified atom stereocenters. The van der Waals surface area contributed by atoms with Crippen LogP contribution in [0.25, 0.3) is 0 Å². The van der Waals surface area contributed by atoms with Crippen LogP contribution in [0.15, 0.2) is 24.4 Å². The molecule has 0 aliphatic rings. The third-order valence-corrected chi connectivity index (χ3v) is 4.56. The third-order valence-electron chi connectivity index (χ3n) is 4.56. The van der Waals surface area contributed by atoms with Gasteiger partial charge in [0.15, 0.2) is 12.5 Å². The van der Waals surface area contributed by atoms with Crippen LogP contribution in [0.4, 0.5) is 9.59 Å². The summed E-state index contributed by atoms with van der Waals surface area (Å²) >= 11 is 0. The van der Waals surface area contributed by atoms with Crippen molar-refractivity contribution in [3.63, 3.8) is 0 Å². The Kier molecular flexibility index (Phi) is 23.0. The molecule has 12 heteroatoms. The monoisotopic (exact) mass is 531 g/mol. The molecule has 0 fully saturated rings. The molecule has 2 amide bonds. The first-order valence-corrected chi connectivity index (χ1v) is 10.7. The Bertz CT molecular complexity index is 601. The van der Waals surface area contributed by atoms with E-state index in [9.17, 15) is 9.59 Å². The second-order valence-corrected chi connectivity index (χ2v) is 7.13. The van der Waals surface area contributed by atoms with Gasteiger partial charge in [-0.15, -0.1) is 37.2 Å². The average Bonchev–Trinajstić information content (AvgIpc) is 2.72. The molecule has 1 aromatic rings. The molecule has 3 atom stereocenters. The number of ether oxygens (including phenoxy) is 2. The largest absolute Gasteiger partial charge is 0.430 e. The van der Waals surface area contributed by atoms with E-state index in [1.807, 2.05) is 32.0 Å². The van der Waals surface area contributed by atoms with Crippen LogP contribution in [0.2, 0.25) is 0 Å². The Morgan fingerprint density at radius 3 is 1.85 bits per heavy atom. The summed E-state index contributed by atoms with van der Waals surface area (Å²) in [4.78, 5) is 30.2. The minimum atomic E-state index is -0.667. The van der Waals surface area contributed by atoms with Crippen molar-refractivity contribution in [2.24, 2.45) is 5.73 Å². The normalized spacial score (nSPS) is 12.7. The fourth-order valence-corrected chi connectivity index (χ4v) is 2.77. The SMILES string of the molecule is CCCCNC(=O)OC(C)N(CC(N)c1ccccn1)C(C)OC(=O)NCCCC.Cl.Cl.Cl. The third kappa shape index (κ3) is 15.1. The average molecular weight is 533 g/mol. The lowest BCUT2D eigenvalue weighted by atomic mass is 10.2. The van der Waals surface area contributed by atoms with Crippen molar-refractivity contribution < 1.29 is 19.1 Å². The van der Waals surface area contributed by atoms with Crippen molar-refractivity contribution in [3.8, 4) is 0 Å². The molecule has 0 saturated carbocycles. The maximum atomic E-state index is 12.1. The maximum absolute atomic E-state index is 12.1. The number of pyridine rings is 1. The van der Waals surface area contributed by atoms with Gasteiger partial charge in [-0.2, -0.15) is 0 Å². The molecule has 0 aliphatic heterocycles. The number of nitrogens with zero attached hydrogens (tertiary/aromatic N) is 2. The van der Waals surface area contributed by atoms with E-state index in [1.54, 1.807) is 24.9 Å². The van der Waals surface area contributed by atoms with E-state index >= 15 is 0 Å². The second-order valence-electron chi connectivity index (χ2n) is 7.13. The molecular formula is C21H40Cl3N5O4. The van der Waals surface area contributed by atoms with Gasteiger partial charge in [0.1, 0.15) is 0 Å². The highest BCUT2D eigenvalue weighted by Crippen LogP contribution is 2.16. The van der Waals surface area contributed by atoms with Crippen LogP contribution in [0.1, 0.15) is 65.1 Å². The first-order valence-electron chi connectivity index (χ1n) is 10.7. The first kappa shape index (κ1) is 36.1. The summed E-state index contributed by atoms with van der Waals surface area (Å²) < 4.78 is 11.0. The van der Waals surface area contributed by atoms with Crippen LogP contribution in [0, 0.1) is 0 Å². The highest BCUT2D eigenvalue weighted by atomic mass is 35.5. The second kappa shape index (κ2) is 21.0. The molecule has 0 saturated heterocycles. The van der Waals surface area contributed by atoms with Crippen molar-refractivity contribution >= 4 is 49.4 Å². The van der Waals surface area contributed by atoms with Gasteiger partial charge in [-0.25, -0.2) is 14.5 Å². The molecule has 0 radical (unpaired) electrons. The van der Waals surface area contributed by atoms with Crippen LogP contribution in [-0.4, -0.2) is 54.2 Å². The minimum Gasteiger partial charge on any atom is -0.430 e. The molecule has 1 rings (SSSR count). The zero-order chi connectivity index (χ0) is 22.4. The summed E-state index contributed by atoms with van der Waals surface area (Å²) in [6.45, 7) is 8.90. The van der Waals surface area contributed by atoms with Gasteiger partial charge in [-0.05, 0) is 38.8 Å². The molecule has 194 valence electrons. The van der Waals surface area contributed by atoms with Crippen molar-refractivity contribution in [1.29, 1.82) is 0 Å². The van der Waals surface area contributed by atoms with Gasteiger partial charge in [0, 0.05) is 25.8 Å². The van der Waals surface area contributed by atoms with E-state index in [-0.39, 0.29) is 43.8 Å². The first-order chi connectivity index (χ1) is 14.4. The van der Waals surface area contributed by atoms with Crippen LogP contribution in [0.3, 0.4) is 0 Å². The fourth-order valence-electron chi connectivity index (χ4n) is 2.77. The number of amides is 2. The molecule has 1 aromatic heterocycles. The minimum absolute atomic E-state index is 0. The van der Waals surface area contributed by atoms with Gasteiger partial charge in [0.05, 0.1) is 11.7 Å². The number of unbranched alkanes of at least 4 members (excludes halogenated alkanes) is 2. The van der Waals surface area contributed by atoms with Gasteiger partial charge in [0.25, 0.3) is 0 Å². The summed E-state index contributed by atoms with van der Waals surface area (Å²) in [6.07, 6.45) is 2.97. The van der Waals surface area contributed by atoms with Gasteiger partial charge in [0.2, 0.25) is 0 Å². The van der Waals surface area contributed by atoms with Crippen molar-refractivity contribution in [1.82, 2.24) is 20.5 Å². The van der Waals surface area contributed by atoms with E-state index < -0.39 is 30.7 Å². The number of rotatable bonds is 13. The number of carbonyl (C=O) groups excluding carboxylic acids is 2. The topological polar surface area (TPSA) is 119 Å². The molecule has 33 heavy (non-hydrogen) atoms. The Balaban J connectivity index is -0.00000300. The Hall–Kier alpha value is -1.52. The Morgan fingerprint density at radius 1 is 0.970 bits per heavy atom. The molecule has 9 nitrogen and oxygen atoms in total. The van der Waals surface area contributed by atoms with Crippen molar-refractivity contribution in [3.05, 3.63) is 30.1 Å². The van der Waals surface area contributed by atoms with E-state index in [1.165, 1.54) is 0 Å². The Labute approximate surface area is 216 Å². The van der Waals surface area contributed by atoms with Crippen LogP contribution >= 0.6 is 37.2 Å². The zero-order valence-corrected chi connectivity index (χ0v) is 22.3. The van der Waals surface area contributed by atoms with Crippen LogP contribution < -0.4 is 16.4 Å². The highest BCUT2D eigenvalue weighted by Gasteiger charge is 2.28. The lowest BCUT2D eigenvalue weighted by Crippen LogP contribution is -2.49. The summed E-state index contributed by atoms with van der Waals surface area (Å²) in [5.41, 5.74) is 7.01. The Morgan fingerprint density at radius 2 is 1.45 bits per heavy atom. The van der Waals surface area contributed by atoms with E-state index in [4.69, 9.17) is 15.2 Å². The number of aromatic nitrogens is 1. The fraction of sp³-hybridized carbons (Fsp3) is 0.667. The zero-order valence-electron chi connectivity index (χ0n) is 19.8. The van der Waals surface area contributed by atoms with Crippen LogP contribution in [0.5, 0.6) is 0 Å². The van der Waals surface area contributed by atoms with Gasteiger partial charge >= 0.3 is 12.2 Å². The predicted octanol–water partition coefficient (Wildman–Crippen LogP) is 4.39. The van der Waals surface area contributed by atoms with Crippen molar-refractivity contribution in [2.75, 3.05) is 19.6 Å². The maximum Gasteiger partial charge on any atom is 0.408 e. The standard InChI is InChI=1S/C21H37N5O4.3ClH/c1-5-7-12-24-20(27)29-16(3)26(15-18(22)19-11-9-10-14-23-19)17(4)30-21(28)25-13-8-6-2;;;/h9-11,14,16-18H,5-8,12-13,15,22H2,1-4H3,(H,24,27)(H,25,28);3*1H. The number of nitrogens with two attached hydrogens (primary N) is 1. The smallest absolute Gasteiger partial charge is 0.408 e. The lowest BCUT2D eigenvalue weighted by molar-refractivity contribution is -0.0941. The summed E-state index contributed by atoms with van der Waals surface area (Å²) in [7, 11) is 0. The lowest BCUT2D eigenvalue weighted by Gasteiger charge is -2.34. The quantitative estimate of drug-likeness (QED) is 0.254. The van der Waals surface area contributed by atoms with Crippen molar-refractivity contribution in [2.45, 2.75) is 71.9 Å². The van der Waals surface area contributed by atoms with Gasteiger partial charge < -0.3 is 25.8 Å². The van der Waals surface area contributed by atoms with E-state index in [0.29, 0.717) is 18.8 Å². The molecule has 4 N–H and O–H groups in total. The number of hydrogen-bond acceptors (Lipinski definition) is 7. The summed E-state index contributed by atoms with van der Waals surface area (Å²) in [5.74, 6) is 0. The molecule has 1 heterocycles. The molecule has 0 aromatic carbocycles. The molecule has 0 aliphatic carbocycles. The number of nitrogens with one attached hydrogen (secondary N) is 2. The number of carbonyl (C=O) groups is 2. The molecule has 0 spiro atoms. The predicted molar refractivity (Wildman–Crippen MR) is 137 cm³/mol. The number of alkyl carbamates (subject to hydrolysis) is 2. The highest BCUT2D eigenvalue weighted by molar-refractivity contribution is 5.86. The number of hydrogen-bond donors (Lipinski definition) is 3. The number of halogens is 3. The molecular weight excluding hydrogens is 493 g/mol. The van der Waals surface area contributed by atoms with Gasteiger partial charge in [-0.1, -0.05) is 32.8 Å². The van der Waals surface area contributed by atoms with Crippen LogP contribution in [-0.2, 0) is 9.47 Å².